The highest BCUT2D eigenvalue weighted by atomic mass is 16.2. The zero-order chi connectivity index (χ0) is 22.7. The van der Waals surface area contributed by atoms with Gasteiger partial charge in [0, 0.05) is 18.4 Å². The lowest BCUT2D eigenvalue weighted by molar-refractivity contribution is 0.0844. The van der Waals surface area contributed by atoms with Gasteiger partial charge in [-0.1, -0.05) is 33.8 Å². The summed E-state index contributed by atoms with van der Waals surface area (Å²) in [6, 6.07) is 6.29. The van der Waals surface area contributed by atoms with Crippen LogP contribution in [0, 0.1) is 5.92 Å². The highest BCUT2D eigenvalue weighted by Crippen LogP contribution is 2.20. The molecule has 2 amide bonds. The number of nitrogens with zero attached hydrogens (tertiary/aromatic N) is 3. The molecule has 0 aliphatic heterocycles. The Bertz CT molecular complexity index is 1240. The number of H-pyrrole nitrogens is 1. The van der Waals surface area contributed by atoms with Crippen molar-refractivity contribution in [2.24, 2.45) is 5.92 Å². The summed E-state index contributed by atoms with van der Waals surface area (Å²) in [5, 5.41) is -0.0192. The van der Waals surface area contributed by atoms with Gasteiger partial charge in [0.1, 0.15) is 5.69 Å². The van der Waals surface area contributed by atoms with Gasteiger partial charge in [-0.15, -0.1) is 0 Å². The molecule has 0 atom stereocenters. The number of rotatable bonds is 5. The van der Waals surface area contributed by atoms with Crippen LogP contribution in [-0.2, 0) is 6.54 Å². The van der Waals surface area contributed by atoms with E-state index in [9.17, 15) is 19.2 Å². The van der Waals surface area contributed by atoms with Crippen LogP contribution >= 0.6 is 0 Å². The number of aromatic amines is 1. The van der Waals surface area contributed by atoms with Crippen LogP contribution in [0.3, 0.4) is 0 Å². The minimum absolute atomic E-state index is 0.00813. The zero-order valence-corrected chi connectivity index (χ0v) is 17.7. The lowest BCUT2D eigenvalue weighted by Gasteiger charge is -2.16. The summed E-state index contributed by atoms with van der Waals surface area (Å²) in [6.07, 6.45) is 1.45. The molecule has 0 saturated heterocycles. The molecular formula is C21H24N6O4. The molecule has 10 heteroatoms. The third kappa shape index (κ3) is 4.68. The molecule has 162 valence electrons. The van der Waals surface area contributed by atoms with Gasteiger partial charge in [0.25, 0.3) is 17.4 Å². The van der Waals surface area contributed by atoms with E-state index in [1.807, 2.05) is 27.7 Å². The standard InChI is InChI=1S/C21H24N6O4/c1-11(2)10-27-17-16(20(30)24-21(27)31)13(9-15(23-17)12(3)4)18(28)25-26-19(29)14-7-5-6-8-22-14/h5-9,11-12H,10H2,1-4H3,(H,25,28)(H,26,29)(H,24,30,31). The van der Waals surface area contributed by atoms with E-state index in [-0.39, 0.29) is 34.1 Å². The number of hydrazine groups is 1. The van der Waals surface area contributed by atoms with Gasteiger partial charge in [-0.3, -0.25) is 39.8 Å². The topological polar surface area (TPSA) is 139 Å². The highest BCUT2D eigenvalue weighted by Gasteiger charge is 2.21. The highest BCUT2D eigenvalue weighted by molar-refractivity contribution is 6.06. The van der Waals surface area contributed by atoms with Crippen LogP contribution in [-0.4, -0.2) is 31.3 Å². The number of amides is 2. The number of fused-ring (bicyclic) bond motifs is 1. The predicted molar refractivity (Wildman–Crippen MR) is 115 cm³/mol. The average molecular weight is 424 g/mol. The van der Waals surface area contributed by atoms with E-state index in [0.717, 1.165) is 0 Å². The number of hydrogen-bond acceptors (Lipinski definition) is 6. The summed E-state index contributed by atoms with van der Waals surface area (Å²) in [4.78, 5) is 60.8. The van der Waals surface area contributed by atoms with Crippen molar-refractivity contribution in [2.45, 2.75) is 40.2 Å². The molecule has 0 unspecified atom stereocenters. The Kier molecular flexibility index (Phi) is 6.28. The number of aromatic nitrogens is 4. The third-order valence-corrected chi connectivity index (χ3v) is 4.54. The third-order valence-electron chi connectivity index (χ3n) is 4.54. The van der Waals surface area contributed by atoms with Crippen molar-refractivity contribution in [3.8, 4) is 0 Å². The molecule has 0 aliphatic carbocycles. The molecule has 3 rings (SSSR count). The number of carbonyl (C=O) groups is 2. The minimum Gasteiger partial charge on any atom is -0.277 e. The van der Waals surface area contributed by atoms with Gasteiger partial charge in [0.05, 0.1) is 10.9 Å². The first-order chi connectivity index (χ1) is 14.7. The Morgan fingerprint density at radius 2 is 1.81 bits per heavy atom. The second-order valence-electron chi connectivity index (χ2n) is 7.83. The molecule has 0 bridgehead atoms. The SMILES string of the molecule is CC(C)Cn1c(=O)[nH]c(=O)c2c(C(=O)NNC(=O)c3ccccn3)cc(C(C)C)nc21. The maximum Gasteiger partial charge on any atom is 0.330 e. The van der Waals surface area contributed by atoms with Crippen LogP contribution in [0.25, 0.3) is 11.0 Å². The van der Waals surface area contributed by atoms with E-state index in [2.05, 4.69) is 25.8 Å². The summed E-state index contributed by atoms with van der Waals surface area (Å²) in [5.41, 5.74) is 4.09. The molecule has 0 spiro atoms. The molecule has 3 aromatic rings. The molecule has 3 N–H and O–H groups in total. The molecule has 31 heavy (non-hydrogen) atoms. The fraction of sp³-hybridized carbons (Fsp3) is 0.333. The monoisotopic (exact) mass is 424 g/mol. The lowest BCUT2D eigenvalue weighted by atomic mass is 10.0. The van der Waals surface area contributed by atoms with Gasteiger partial charge in [-0.25, -0.2) is 9.78 Å². The lowest BCUT2D eigenvalue weighted by Crippen LogP contribution is -2.42. The van der Waals surface area contributed by atoms with E-state index in [0.29, 0.717) is 12.2 Å². The second-order valence-corrected chi connectivity index (χ2v) is 7.83. The molecule has 3 heterocycles. The van der Waals surface area contributed by atoms with Crippen molar-refractivity contribution >= 4 is 22.8 Å². The number of hydrogen-bond donors (Lipinski definition) is 3. The summed E-state index contributed by atoms with van der Waals surface area (Å²) in [7, 11) is 0. The number of pyridine rings is 2. The van der Waals surface area contributed by atoms with Crippen LogP contribution in [0.2, 0.25) is 0 Å². The van der Waals surface area contributed by atoms with Crippen LogP contribution in [0.4, 0.5) is 0 Å². The van der Waals surface area contributed by atoms with Gasteiger partial charge in [0.15, 0.2) is 5.65 Å². The van der Waals surface area contributed by atoms with Crippen molar-refractivity contribution < 1.29 is 9.59 Å². The first-order valence-electron chi connectivity index (χ1n) is 9.88. The van der Waals surface area contributed by atoms with Crippen LogP contribution in [0.1, 0.15) is 60.2 Å². The summed E-state index contributed by atoms with van der Waals surface area (Å²) >= 11 is 0. The van der Waals surface area contributed by atoms with Crippen molar-refractivity contribution in [2.75, 3.05) is 0 Å². The van der Waals surface area contributed by atoms with Crippen LogP contribution < -0.4 is 22.1 Å². The quantitative estimate of drug-likeness (QED) is 0.528. The van der Waals surface area contributed by atoms with Gasteiger partial charge >= 0.3 is 5.69 Å². The number of nitrogens with one attached hydrogen (secondary N) is 3. The van der Waals surface area contributed by atoms with Crippen molar-refractivity contribution in [1.29, 1.82) is 0 Å². The minimum atomic E-state index is -0.719. The molecule has 10 nitrogen and oxygen atoms in total. The predicted octanol–water partition coefficient (Wildman–Crippen LogP) is 1.33. The fourth-order valence-electron chi connectivity index (χ4n) is 3.04. The Morgan fingerprint density at radius 3 is 2.42 bits per heavy atom. The van der Waals surface area contributed by atoms with Gasteiger partial charge in [-0.05, 0) is 30.0 Å². The summed E-state index contributed by atoms with van der Waals surface area (Å²) < 4.78 is 1.36. The molecule has 0 radical (unpaired) electrons. The molecule has 0 aromatic carbocycles. The van der Waals surface area contributed by atoms with Crippen molar-refractivity contribution in [1.82, 2.24) is 30.4 Å². The number of carbonyl (C=O) groups excluding carboxylic acids is 2. The Balaban J connectivity index is 2.08. The molecule has 3 aromatic heterocycles. The summed E-state index contributed by atoms with van der Waals surface area (Å²) in [6.45, 7) is 7.94. The molecule has 0 fully saturated rings. The van der Waals surface area contributed by atoms with Crippen LogP contribution in [0.15, 0.2) is 40.1 Å². The molecule has 0 aliphatic rings. The largest absolute Gasteiger partial charge is 0.330 e. The summed E-state index contributed by atoms with van der Waals surface area (Å²) in [5.74, 6) is -1.28. The Hall–Kier alpha value is -3.82. The van der Waals surface area contributed by atoms with E-state index in [1.54, 1.807) is 12.1 Å². The van der Waals surface area contributed by atoms with Gasteiger partial charge < -0.3 is 0 Å². The Labute approximate surface area is 177 Å². The maximum absolute atomic E-state index is 12.9. The van der Waals surface area contributed by atoms with E-state index in [4.69, 9.17) is 0 Å². The zero-order valence-electron chi connectivity index (χ0n) is 17.7. The fourth-order valence-corrected chi connectivity index (χ4v) is 3.04. The first-order valence-corrected chi connectivity index (χ1v) is 9.88. The van der Waals surface area contributed by atoms with Crippen molar-refractivity contribution in [3.05, 3.63) is 68.3 Å². The van der Waals surface area contributed by atoms with E-state index < -0.39 is 23.1 Å². The normalized spacial score (nSPS) is 11.2. The second kappa shape index (κ2) is 8.90. The van der Waals surface area contributed by atoms with Gasteiger partial charge in [-0.2, -0.15) is 0 Å². The molecule has 0 saturated carbocycles. The first kappa shape index (κ1) is 21.9. The smallest absolute Gasteiger partial charge is 0.277 e. The maximum atomic E-state index is 12.9. The average Bonchev–Trinajstić information content (AvgIpc) is 2.74. The van der Waals surface area contributed by atoms with E-state index >= 15 is 0 Å². The molecular weight excluding hydrogens is 400 g/mol. The van der Waals surface area contributed by atoms with Crippen molar-refractivity contribution in [3.63, 3.8) is 0 Å². The van der Waals surface area contributed by atoms with Crippen LogP contribution in [0.5, 0.6) is 0 Å². The Morgan fingerprint density at radius 1 is 1.10 bits per heavy atom. The van der Waals surface area contributed by atoms with E-state index in [1.165, 1.54) is 22.9 Å². The van der Waals surface area contributed by atoms with Gasteiger partial charge in [0.2, 0.25) is 0 Å².